The maximum Gasteiger partial charge on any atom is 0.162 e. The van der Waals surface area contributed by atoms with Crippen LogP contribution in [-0.2, 0) is 0 Å². The maximum absolute atomic E-state index is 5.77. The van der Waals surface area contributed by atoms with Crippen molar-refractivity contribution < 1.29 is 9.47 Å². The summed E-state index contributed by atoms with van der Waals surface area (Å²) in [7, 11) is 0. The maximum atomic E-state index is 5.77. The highest BCUT2D eigenvalue weighted by molar-refractivity contribution is 8.00. The van der Waals surface area contributed by atoms with E-state index < -0.39 is 0 Å². The summed E-state index contributed by atoms with van der Waals surface area (Å²) >= 11 is 1.98. The molecule has 20 heavy (non-hydrogen) atoms. The highest BCUT2D eigenvalue weighted by atomic mass is 32.2. The van der Waals surface area contributed by atoms with Crippen molar-refractivity contribution in [3.05, 3.63) is 18.2 Å². The highest BCUT2D eigenvalue weighted by Gasteiger charge is 2.27. The minimum atomic E-state index is 0.654. The van der Waals surface area contributed by atoms with Gasteiger partial charge in [-0.1, -0.05) is 13.3 Å². The molecule has 3 nitrogen and oxygen atoms in total. The number of hydrogen-bond acceptors (Lipinski definition) is 4. The Morgan fingerprint density at radius 3 is 2.85 bits per heavy atom. The zero-order valence-electron chi connectivity index (χ0n) is 12.1. The molecule has 0 radical (unpaired) electrons. The first-order valence-corrected chi connectivity index (χ1v) is 8.54. The Kier molecular flexibility index (Phi) is 4.73. The van der Waals surface area contributed by atoms with Gasteiger partial charge in [0, 0.05) is 22.6 Å². The van der Waals surface area contributed by atoms with Crippen LogP contribution in [0.3, 0.4) is 0 Å². The standard InChI is InChI=1S/C16H23NO2S/c1-2-17-13-5-3-6-16(13)20-12-7-8-14-15(11-12)19-10-4-9-18-14/h7-8,11,13,16-17H,2-6,9-10H2,1H3. The molecule has 2 atom stereocenters. The SMILES string of the molecule is CCNC1CCCC1Sc1ccc2c(c1)OCCCO2. The zero-order valence-corrected chi connectivity index (χ0v) is 12.9. The van der Waals surface area contributed by atoms with Crippen molar-refractivity contribution in [3.8, 4) is 11.5 Å². The van der Waals surface area contributed by atoms with Gasteiger partial charge in [-0.2, -0.15) is 0 Å². The molecule has 2 unspecified atom stereocenters. The third kappa shape index (κ3) is 3.23. The van der Waals surface area contributed by atoms with Gasteiger partial charge in [-0.3, -0.25) is 0 Å². The Balaban J connectivity index is 1.69. The third-order valence-corrected chi connectivity index (χ3v) is 5.32. The highest BCUT2D eigenvalue weighted by Crippen LogP contribution is 2.39. The molecule has 1 saturated carbocycles. The van der Waals surface area contributed by atoms with Gasteiger partial charge in [0.1, 0.15) is 0 Å². The van der Waals surface area contributed by atoms with E-state index >= 15 is 0 Å². The molecule has 1 aromatic rings. The lowest BCUT2D eigenvalue weighted by atomic mass is 10.2. The number of benzene rings is 1. The van der Waals surface area contributed by atoms with E-state index in [1.807, 2.05) is 11.8 Å². The van der Waals surface area contributed by atoms with Gasteiger partial charge in [0.25, 0.3) is 0 Å². The summed E-state index contributed by atoms with van der Waals surface area (Å²) in [6, 6.07) is 7.02. The summed E-state index contributed by atoms with van der Waals surface area (Å²) in [5.74, 6) is 1.80. The number of fused-ring (bicyclic) bond motifs is 1. The molecule has 1 heterocycles. The number of hydrogen-bond donors (Lipinski definition) is 1. The van der Waals surface area contributed by atoms with Crippen LogP contribution in [0.1, 0.15) is 32.6 Å². The predicted molar refractivity (Wildman–Crippen MR) is 83.0 cm³/mol. The quantitative estimate of drug-likeness (QED) is 0.921. The van der Waals surface area contributed by atoms with Crippen molar-refractivity contribution in [2.75, 3.05) is 19.8 Å². The van der Waals surface area contributed by atoms with E-state index in [-0.39, 0.29) is 0 Å². The van der Waals surface area contributed by atoms with Crippen LogP contribution in [0.2, 0.25) is 0 Å². The Bertz CT molecular complexity index is 452. The number of rotatable bonds is 4. The molecule has 1 aliphatic heterocycles. The van der Waals surface area contributed by atoms with E-state index in [1.165, 1.54) is 24.2 Å². The lowest BCUT2D eigenvalue weighted by Crippen LogP contribution is -2.33. The normalized spacial score (nSPS) is 25.4. The first-order chi connectivity index (χ1) is 9.86. The topological polar surface area (TPSA) is 30.5 Å². The average molecular weight is 293 g/mol. The molecule has 1 aliphatic carbocycles. The summed E-state index contributed by atoms with van der Waals surface area (Å²) in [6.45, 7) is 4.76. The van der Waals surface area contributed by atoms with E-state index in [0.717, 1.165) is 37.7 Å². The van der Waals surface area contributed by atoms with Crippen LogP contribution >= 0.6 is 11.8 Å². The van der Waals surface area contributed by atoms with Crippen molar-refractivity contribution >= 4 is 11.8 Å². The van der Waals surface area contributed by atoms with E-state index in [2.05, 4.69) is 30.4 Å². The Labute approximate surface area is 125 Å². The lowest BCUT2D eigenvalue weighted by molar-refractivity contribution is 0.297. The van der Waals surface area contributed by atoms with Gasteiger partial charge >= 0.3 is 0 Å². The molecule has 3 rings (SSSR count). The fraction of sp³-hybridized carbons (Fsp3) is 0.625. The number of thioether (sulfide) groups is 1. The first kappa shape index (κ1) is 14.1. The van der Waals surface area contributed by atoms with E-state index in [4.69, 9.17) is 9.47 Å². The van der Waals surface area contributed by atoms with Gasteiger partial charge in [-0.05, 0) is 37.6 Å². The molecule has 0 amide bonds. The minimum Gasteiger partial charge on any atom is -0.490 e. The van der Waals surface area contributed by atoms with Crippen LogP contribution < -0.4 is 14.8 Å². The van der Waals surface area contributed by atoms with Crippen molar-refractivity contribution in [1.29, 1.82) is 0 Å². The molecule has 0 aromatic heterocycles. The van der Waals surface area contributed by atoms with Crippen molar-refractivity contribution in [3.63, 3.8) is 0 Å². The number of nitrogens with one attached hydrogen (secondary N) is 1. The fourth-order valence-corrected chi connectivity index (χ4v) is 4.31. The lowest BCUT2D eigenvalue weighted by Gasteiger charge is -2.20. The molecule has 2 aliphatic rings. The first-order valence-electron chi connectivity index (χ1n) is 7.66. The second kappa shape index (κ2) is 6.72. The Hall–Kier alpha value is -0.870. The van der Waals surface area contributed by atoms with E-state index in [1.54, 1.807) is 0 Å². The predicted octanol–water partition coefficient (Wildman–Crippen LogP) is 3.47. The molecule has 0 spiro atoms. The fourth-order valence-electron chi connectivity index (χ4n) is 2.95. The van der Waals surface area contributed by atoms with Gasteiger partial charge in [0.05, 0.1) is 13.2 Å². The van der Waals surface area contributed by atoms with Crippen LogP contribution in [0.5, 0.6) is 11.5 Å². The molecule has 0 bridgehead atoms. The molecule has 110 valence electrons. The molecule has 0 saturated heterocycles. The summed E-state index contributed by atoms with van der Waals surface area (Å²) in [5.41, 5.74) is 0. The van der Waals surface area contributed by atoms with Crippen LogP contribution in [0.15, 0.2) is 23.1 Å². The molecule has 1 N–H and O–H groups in total. The summed E-state index contributed by atoms with van der Waals surface area (Å²) in [6.07, 6.45) is 4.90. The van der Waals surface area contributed by atoms with E-state index in [9.17, 15) is 0 Å². The zero-order chi connectivity index (χ0) is 13.8. The van der Waals surface area contributed by atoms with Crippen LogP contribution in [0, 0.1) is 0 Å². The van der Waals surface area contributed by atoms with Crippen molar-refractivity contribution in [2.45, 2.75) is 48.8 Å². The largest absolute Gasteiger partial charge is 0.490 e. The molecule has 1 fully saturated rings. The molecular formula is C16H23NO2S. The molecule has 4 heteroatoms. The van der Waals surface area contributed by atoms with Gasteiger partial charge in [-0.15, -0.1) is 11.8 Å². The minimum absolute atomic E-state index is 0.654. The van der Waals surface area contributed by atoms with Crippen LogP contribution in [0.25, 0.3) is 0 Å². The van der Waals surface area contributed by atoms with Gasteiger partial charge in [0.15, 0.2) is 11.5 Å². The molecular weight excluding hydrogens is 270 g/mol. The number of ether oxygens (including phenoxy) is 2. The van der Waals surface area contributed by atoms with Gasteiger partial charge in [-0.25, -0.2) is 0 Å². The van der Waals surface area contributed by atoms with Gasteiger partial charge in [0.2, 0.25) is 0 Å². The summed E-state index contributed by atoms with van der Waals surface area (Å²) in [5, 5.41) is 4.29. The Morgan fingerprint density at radius 1 is 1.15 bits per heavy atom. The van der Waals surface area contributed by atoms with E-state index in [0.29, 0.717) is 11.3 Å². The monoisotopic (exact) mass is 293 g/mol. The van der Waals surface area contributed by atoms with Gasteiger partial charge < -0.3 is 14.8 Å². The van der Waals surface area contributed by atoms with Crippen molar-refractivity contribution in [1.82, 2.24) is 5.32 Å². The van der Waals surface area contributed by atoms with Crippen LogP contribution in [-0.4, -0.2) is 31.1 Å². The van der Waals surface area contributed by atoms with Crippen LogP contribution in [0.4, 0.5) is 0 Å². The summed E-state index contributed by atoms with van der Waals surface area (Å²) in [4.78, 5) is 1.30. The summed E-state index contributed by atoms with van der Waals surface area (Å²) < 4.78 is 11.5. The third-order valence-electron chi connectivity index (χ3n) is 3.93. The average Bonchev–Trinajstić information content (AvgIpc) is 2.75. The second-order valence-electron chi connectivity index (χ2n) is 5.41. The Morgan fingerprint density at radius 2 is 2.00 bits per heavy atom. The molecule has 1 aromatic carbocycles. The second-order valence-corrected chi connectivity index (χ2v) is 6.72. The van der Waals surface area contributed by atoms with Crippen molar-refractivity contribution in [2.24, 2.45) is 0 Å². The smallest absolute Gasteiger partial charge is 0.162 e.